The SMILES string of the molecule is Cc1ccc(-n2c3ccccc3c3cc(C)cc(C)c32)cc1. The average Bonchev–Trinajstić information content (AvgIpc) is 2.83. The van der Waals surface area contributed by atoms with E-state index in [4.69, 9.17) is 0 Å². The molecule has 0 saturated heterocycles. The first-order chi connectivity index (χ1) is 10.6. The van der Waals surface area contributed by atoms with E-state index in [-0.39, 0.29) is 0 Å². The molecule has 0 aliphatic heterocycles. The van der Waals surface area contributed by atoms with E-state index in [0.717, 1.165) is 0 Å². The maximum absolute atomic E-state index is 2.39. The monoisotopic (exact) mass is 285 g/mol. The topological polar surface area (TPSA) is 4.93 Å². The van der Waals surface area contributed by atoms with Gasteiger partial charge in [-0.2, -0.15) is 0 Å². The van der Waals surface area contributed by atoms with Crippen LogP contribution in [0.15, 0.2) is 60.7 Å². The Labute approximate surface area is 130 Å². The van der Waals surface area contributed by atoms with E-state index >= 15 is 0 Å². The lowest BCUT2D eigenvalue weighted by Crippen LogP contribution is -1.95. The van der Waals surface area contributed by atoms with E-state index in [1.165, 1.54) is 44.2 Å². The van der Waals surface area contributed by atoms with Crippen LogP contribution in [0.4, 0.5) is 0 Å². The largest absolute Gasteiger partial charge is 0.309 e. The van der Waals surface area contributed by atoms with Gasteiger partial charge in [0.1, 0.15) is 0 Å². The molecule has 1 heteroatoms. The number of para-hydroxylation sites is 1. The molecule has 0 spiro atoms. The summed E-state index contributed by atoms with van der Waals surface area (Å²) in [6, 6.07) is 22.0. The minimum Gasteiger partial charge on any atom is -0.309 e. The van der Waals surface area contributed by atoms with Gasteiger partial charge in [0.2, 0.25) is 0 Å². The van der Waals surface area contributed by atoms with Crippen LogP contribution in [0.25, 0.3) is 27.5 Å². The van der Waals surface area contributed by atoms with E-state index in [2.05, 4.69) is 86.0 Å². The number of hydrogen-bond donors (Lipinski definition) is 0. The van der Waals surface area contributed by atoms with Crippen molar-refractivity contribution in [2.24, 2.45) is 0 Å². The van der Waals surface area contributed by atoms with Crippen LogP contribution in [-0.4, -0.2) is 4.57 Å². The fourth-order valence-electron chi connectivity index (χ4n) is 3.44. The van der Waals surface area contributed by atoms with Gasteiger partial charge in [-0.25, -0.2) is 0 Å². The van der Waals surface area contributed by atoms with Gasteiger partial charge in [-0.3, -0.25) is 0 Å². The molecular weight excluding hydrogens is 266 g/mol. The zero-order valence-electron chi connectivity index (χ0n) is 13.2. The molecule has 0 amide bonds. The zero-order valence-corrected chi connectivity index (χ0v) is 13.2. The molecule has 1 aromatic heterocycles. The van der Waals surface area contributed by atoms with Crippen LogP contribution in [-0.2, 0) is 0 Å². The van der Waals surface area contributed by atoms with Crippen LogP contribution >= 0.6 is 0 Å². The molecule has 1 heterocycles. The summed E-state index contributed by atoms with van der Waals surface area (Å²) >= 11 is 0. The standard InChI is InChI=1S/C21H19N/c1-14-8-10-17(11-9-14)22-20-7-5-4-6-18(20)19-13-15(2)12-16(3)21(19)22/h4-13H,1-3H3. The number of rotatable bonds is 1. The van der Waals surface area contributed by atoms with Crippen molar-refractivity contribution < 1.29 is 0 Å². The van der Waals surface area contributed by atoms with Crippen LogP contribution in [0.2, 0.25) is 0 Å². The number of fused-ring (bicyclic) bond motifs is 3. The highest BCUT2D eigenvalue weighted by atomic mass is 15.0. The predicted octanol–water partition coefficient (Wildman–Crippen LogP) is 5.71. The highest BCUT2D eigenvalue weighted by Crippen LogP contribution is 2.34. The Hall–Kier alpha value is -2.54. The molecule has 108 valence electrons. The van der Waals surface area contributed by atoms with E-state index in [1.54, 1.807) is 0 Å². The van der Waals surface area contributed by atoms with E-state index in [9.17, 15) is 0 Å². The summed E-state index contributed by atoms with van der Waals surface area (Å²) in [6.07, 6.45) is 0. The summed E-state index contributed by atoms with van der Waals surface area (Å²) in [5.41, 5.74) is 7.75. The lowest BCUT2D eigenvalue weighted by Gasteiger charge is -2.10. The quantitative estimate of drug-likeness (QED) is 0.422. The van der Waals surface area contributed by atoms with Gasteiger partial charge in [0.25, 0.3) is 0 Å². The summed E-state index contributed by atoms with van der Waals surface area (Å²) < 4.78 is 2.39. The number of benzene rings is 3. The number of aryl methyl sites for hydroxylation is 3. The second-order valence-electron chi connectivity index (χ2n) is 6.17. The Morgan fingerprint density at radius 1 is 0.682 bits per heavy atom. The third-order valence-electron chi connectivity index (χ3n) is 4.40. The minimum atomic E-state index is 1.23. The first-order valence-corrected chi connectivity index (χ1v) is 7.72. The van der Waals surface area contributed by atoms with Gasteiger partial charge in [0, 0.05) is 16.5 Å². The van der Waals surface area contributed by atoms with Gasteiger partial charge in [-0.05, 0) is 50.6 Å². The van der Waals surface area contributed by atoms with Gasteiger partial charge in [0.15, 0.2) is 0 Å². The molecule has 0 aliphatic rings. The molecule has 0 unspecified atom stereocenters. The molecule has 22 heavy (non-hydrogen) atoms. The Balaban J connectivity index is 2.22. The normalized spacial score (nSPS) is 11.4. The number of nitrogens with zero attached hydrogens (tertiary/aromatic N) is 1. The summed E-state index contributed by atoms with van der Waals surface area (Å²) in [5.74, 6) is 0. The molecule has 0 saturated carbocycles. The Bertz CT molecular complexity index is 988. The van der Waals surface area contributed by atoms with Crippen molar-refractivity contribution in [3.63, 3.8) is 0 Å². The Morgan fingerprint density at radius 2 is 1.41 bits per heavy atom. The molecular formula is C21H19N. The number of hydrogen-bond acceptors (Lipinski definition) is 0. The van der Waals surface area contributed by atoms with Gasteiger partial charge < -0.3 is 4.57 Å². The second-order valence-corrected chi connectivity index (χ2v) is 6.17. The molecule has 0 atom stereocenters. The average molecular weight is 285 g/mol. The summed E-state index contributed by atoms with van der Waals surface area (Å²) in [5, 5.41) is 2.67. The maximum atomic E-state index is 2.39. The molecule has 4 rings (SSSR count). The minimum absolute atomic E-state index is 1.23. The Kier molecular flexibility index (Phi) is 2.83. The highest BCUT2D eigenvalue weighted by Gasteiger charge is 2.13. The molecule has 0 bridgehead atoms. The molecule has 1 nitrogen and oxygen atoms in total. The first-order valence-electron chi connectivity index (χ1n) is 7.72. The van der Waals surface area contributed by atoms with Crippen LogP contribution < -0.4 is 0 Å². The van der Waals surface area contributed by atoms with Crippen molar-refractivity contribution >= 4 is 21.8 Å². The highest BCUT2D eigenvalue weighted by molar-refractivity contribution is 6.10. The lowest BCUT2D eigenvalue weighted by atomic mass is 10.1. The van der Waals surface area contributed by atoms with Crippen LogP contribution in [0.5, 0.6) is 0 Å². The summed E-state index contributed by atoms with van der Waals surface area (Å²) in [4.78, 5) is 0. The predicted molar refractivity (Wildman–Crippen MR) is 95.0 cm³/mol. The van der Waals surface area contributed by atoms with Gasteiger partial charge in [0.05, 0.1) is 11.0 Å². The third kappa shape index (κ3) is 1.86. The zero-order chi connectivity index (χ0) is 15.3. The maximum Gasteiger partial charge on any atom is 0.0570 e. The fraction of sp³-hybridized carbons (Fsp3) is 0.143. The van der Waals surface area contributed by atoms with Gasteiger partial charge in [-0.15, -0.1) is 0 Å². The number of aromatic nitrogens is 1. The fourth-order valence-corrected chi connectivity index (χ4v) is 3.44. The van der Waals surface area contributed by atoms with Crippen LogP contribution in [0, 0.1) is 20.8 Å². The third-order valence-corrected chi connectivity index (χ3v) is 4.40. The molecule has 0 fully saturated rings. The first kappa shape index (κ1) is 13.1. The summed E-state index contributed by atoms with van der Waals surface area (Å²) in [6.45, 7) is 6.51. The molecule has 4 aromatic rings. The molecule has 0 radical (unpaired) electrons. The van der Waals surface area contributed by atoms with Crippen molar-refractivity contribution in [3.8, 4) is 5.69 Å². The molecule has 0 aliphatic carbocycles. The van der Waals surface area contributed by atoms with Crippen molar-refractivity contribution in [3.05, 3.63) is 77.4 Å². The van der Waals surface area contributed by atoms with Crippen molar-refractivity contribution in [1.29, 1.82) is 0 Å². The molecule has 3 aromatic carbocycles. The second kappa shape index (κ2) is 4.74. The Morgan fingerprint density at radius 3 is 2.18 bits per heavy atom. The summed E-state index contributed by atoms with van der Waals surface area (Å²) in [7, 11) is 0. The van der Waals surface area contributed by atoms with Crippen molar-refractivity contribution in [1.82, 2.24) is 4.57 Å². The van der Waals surface area contributed by atoms with E-state index in [0.29, 0.717) is 0 Å². The van der Waals surface area contributed by atoms with Crippen LogP contribution in [0.1, 0.15) is 16.7 Å². The lowest BCUT2D eigenvalue weighted by molar-refractivity contribution is 1.16. The van der Waals surface area contributed by atoms with Crippen molar-refractivity contribution in [2.45, 2.75) is 20.8 Å². The molecule has 0 N–H and O–H groups in total. The smallest absolute Gasteiger partial charge is 0.0570 e. The van der Waals surface area contributed by atoms with Crippen molar-refractivity contribution in [2.75, 3.05) is 0 Å². The van der Waals surface area contributed by atoms with Gasteiger partial charge >= 0.3 is 0 Å². The van der Waals surface area contributed by atoms with Gasteiger partial charge in [-0.1, -0.05) is 47.5 Å². The van der Waals surface area contributed by atoms with E-state index in [1.807, 2.05) is 0 Å². The van der Waals surface area contributed by atoms with E-state index < -0.39 is 0 Å². The van der Waals surface area contributed by atoms with Crippen LogP contribution in [0.3, 0.4) is 0 Å².